The van der Waals surface area contributed by atoms with Gasteiger partial charge in [0.2, 0.25) is 5.91 Å². The highest BCUT2D eigenvalue weighted by Gasteiger charge is 2.30. The summed E-state index contributed by atoms with van der Waals surface area (Å²) in [4.78, 5) is 16.1. The van der Waals surface area contributed by atoms with Gasteiger partial charge >= 0.3 is 0 Å². The zero-order valence-electron chi connectivity index (χ0n) is 13.6. The molecule has 0 aromatic heterocycles. The van der Waals surface area contributed by atoms with Crippen molar-refractivity contribution < 1.29 is 14.6 Å². The van der Waals surface area contributed by atoms with Crippen LogP contribution in [0.2, 0.25) is 0 Å². The maximum Gasteiger partial charge on any atom is 0.222 e. The van der Waals surface area contributed by atoms with E-state index in [1.54, 1.807) is 0 Å². The lowest BCUT2D eigenvalue weighted by atomic mass is 10.0. The third-order valence-electron chi connectivity index (χ3n) is 4.76. The molecule has 0 aliphatic carbocycles. The first-order valence-electron chi connectivity index (χ1n) is 8.60. The molecule has 1 aromatic rings. The zero-order valence-corrected chi connectivity index (χ0v) is 13.6. The lowest BCUT2D eigenvalue weighted by Gasteiger charge is -2.37. The van der Waals surface area contributed by atoms with Gasteiger partial charge in [0.1, 0.15) is 18.5 Å². The molecule has 5 heteroatoms. The van der Waals surface area contributed by atoms with Crippen LogP contribution in [-0.2, 0) is 4.79 Å². The van der Waals surface area contributed by atoms with Crippen molar-refractivity contribution >= 4 is 5.91 Å². The number of hydrogen-bond acceptors (Lipinski definition) is 4. The Labute approximate surface area is 137 Å². The number of aliphatic hydroxyl groups excluding tert-OH is 1. The molecule has 5 nitrogen and oxygen atoms in total. The number of amides is 1. The predicted molar refractivity (Wildman–Crippen MR) is 88.4 cm³/mol. The second-order valence-electron chi connectivity index (χ2n) is 6.50. The number of carbonyl (C=O) groups excluding carboxylic acids is 1. The second-order valence-corrected chi connectivity index (χ2v) is 6.50. The SMILES string of the molecule is O=C1CCCN1C1CCN(CC(O)COc2ccccc2)CC1. The van der Waals surface area contributed by atoms with Crippen molar-refractivity contribution in [2.75, 3.05) is 32.8 Å². The second kappa shape index (κ2) is 7.79. The molecule has 1 unspecified atom stereocenters. The number of β-amino-alcohol motifs (C(OH)–C–C–N with tert-alkyl or cyclic N) is 1. The Kier molecular flexibility index (Phi) is 5.51. The number of aliphatic hydroxyl groups is 1. The Morgan fingerprint density at radius 1 is 1.17 bits per heavy atom. The van der Waals surface area contributed by atoms with Gasteiger partial charge in [-0.2, -0.15) is 0 Å². The number of nitrogens with zero attached hydrogens (tertiary/aromatic N) is 2. The van der Waals surface area contributed by atoms with E-state index >= 15 is 0 Å². The van der Waals surface area contributed by atoms with Gasteiger partial charge in [0.05, 0.1) is 0 Å². The number of carbonyl (C=O) groups is 1. The van der Waals surface area contributed by atoms with E-state index in [2.05, 4.69) is 9.80 Å². The van der Waals surface area contributed by atoms with Gasteiger partial charge in [-0.05, 0) is 31.4 Å². The summed E-state index contributed by atoms with van der Waals surface area (Å²) >= 11 is 0. The summed E-state index contributed by atoms with van der Waals surface area (Å²) in [6, 6.07) is 9.98. The molecule has 2 aliphatic rings. The van der Waals surface area contributed by atoms with Gasteiger partial charge in [-0.25, -0.2) is 0 Å². The molecule has 1 N–H and O–H groups in total. The first-order chi connectivity index (χ1) is 11.2. The van der Waals surface area contributed by atoms with E-state index in [1.807, 2.05) is 30.3 Å². The molecule has 0 saturated carbocycles. The van der Waals surface area contributed by atoms with Crippen molar-refractivity contribution in [3.63, 3.8) is 0 Å². The summed E-state index contributed by atoms with van der Waals surface area (Å²) in [6.07, 6.45) is 3.26. The fourth-order valence-corrected chi connectivity index (χ4v) is 3.53. The van der Waals surface area contributed by atoms with Crippen LogP contribution in [0.3, 0.4) is 0 Å². The molecule has 2 heterocycles. The topological polar surface area (TPSA) is 53.0 Å². The van der Waals surface area contributed by atoms with Gasteiger partial charge in [-0.15, -0.1) is 0 Å². The molecule has 0 radical (unpaired) electrons. The Morgan fingerprint density at radius 2 is 1.91 bits per heavy atom. The normalized spacial score (nSPS) is 21.6. The van der Waals surface area contributed by atoms with E-state index in [0.29, 0.717) is 25.1 Å². The van der Waals surface area contributed by atoms with Crippen molar-refractivity contribution in [3.05, 3.63) is 30.3 Å². The van der Waals surface area contributed by atoms with E-state index in [4.69, 9.17) is 4.74 Å². The summed E-state index contributed by atoms with van der Waals surface area (Å²) in [6.45, 7) is 3.76. The maximum absolute atomic E-state index is 11.8. The first-order valence-corrected chi connectivity index (χ1v) is 8.60. The van der Waals surface area contributed by atoms with Crippen LogP contribution in [0.5, 0.6) is 5.75 Å². The van der Waals surface area contributed by atoms with Crippen molar-refractivity contribution in [1.29, 1.82) is 0 Å². The highest BCUT2D eigenvalue weighted by molar-refractivity contribution is 5.78. The van der Waals surface area contributed by atoms with Gasteiger partial charge in [0.15, 0.2) is 0 Å². The molecule has 1 amide bonds. The van der Waals surface area contributed by atoms with Gasteiger partial charge in [0, 0.05) is 38.6 Å². The maximum atomic E-state index is 11.8. The molecule has 3 rings (SSSR count). The number of benzene rings is 1. The quantitative estimate of drug-likeness (QED) is 0.864. The van der Waals surface area contributed by atoms with E-state index in [-0.39, 0.29) is 0 Å². The minimum absolute atomic E-state index is 0.314. The highest BCUT2D eigenvalue weighted by atomic mass is 16.5. The van der Waals surface area contributed by atoms with Crippen LogP contribution in [0.15, 0.2) is 30.3 Å². The number of ether oxygens (including phenoxy) is 1. The average molecular weight is 318 g/mol. The van der Waals surface area contributed by atoms with Crippen molar-refractivity contribution in [2.24, 2.45) is 0 Å². The van der Waals surface area contributed by atoms with Crippen molar-refractivity contribution in [2.45, 2.75) is 37.8 Å². The smallest absolute Gasteiger partial charge is 0.222 e. The fourth-order valence-electron chi connectivity index (χ4n) is 3.53. The van der Waals surface area contributed by atoms with Crippen LogP contribution in [0.1, 0.15) is 25.7 Å². The van der Waals surface area contributed by atoms with E-state index in [0.717, 1.165) is 51.1 Å². The lowest BCUT2D eigenvalue weighted by molar-refractivity contribution is -0.130. The van der Waals surface area contributed by atoms with Crippen LogP contribution in [-0.4, -0.2) is 65.7 Å². The summed E-state index contributed by atoms with van der Waals surface area (Å²) in [5, 5.41) is 10.2. The molecule has 2 saturated heterocycles. The molecule has 1 aromatic carbocycles. The molecule has 0 bridgehead atoms. The van der Waals surface area contributed by atoms with Gasteiger partial charge in [-0.1, -0.05) is 18.2 Å². The molecule has 2 fully saturated rings. The summed E-state index contributed by atoms with van der Waals surface area (Å²) < 4.78 is 5.60. The van der Waals surface area contributed by atoms with Gasteiger partial charge in [-0.3, -0.25) is 4.79 Å². The Balaban J connectivity index is 1.37. The molecule has 126 valence electrons. The molecule has 23 heavy (non-hydrogen) atoms. The third kappa shape index (κ3) is 4.45. The van der Waals surface area contributed by atoms with E-state index in [9.17, 15) is 9.90 Å². The standard InChI is InChI=1S/C18H26N2O3/c21-16(14-23-17-5-2-1-3-6-17)13-19-11-8-15(9-12-19)20-10-4-7-18(20)22/h1-3,5-6,15-16,21H,4,7-14H2. The number of para-hydroxylation sites is 1. The summed E-state index contributed by atoms with van der Waals surface area (Å²) in [5.41, 5.74) is 0. The van der Waals surface area contributed by atoms with Gasteiger partial charge in [0.25, 0.3) is 0 Å². The van der Waals surface area contributed by atoms with Crippen LogP contribution in [0.25, 0.3) is 0 Å². The number of hydrogen-bond donors (Lipinski definition) is 1. The monoisotopic (exact) mass is 318 g/mol. The largest absolute Gasteiger partial charge is 0.491 e. The third-order valence-corrected chi connectivity index (χ3v) is 4.76. The molecule has 0 spiro atoms. The highest BCUT2D eigenvalue weighted by Crippen LogP contribution is 2.22. The Morgan fingerprint density at radius 3 is 2.57 bits per heavy atom. The fraction of sp³-hybridized carbons (Fsp3) is 0.611. The van der Waals surface area contributed by atoms with Crippen molar-refractivity contribution in [1.82, 2.24) is 9.80 Å². The number of likely N-dealkylation sites (tertiary alicyclic amines) is 2. The van der Waals surface area contributed by atoms with Crippen LogP contribution >= 0.6 is 0 Å². The molecular weight excluding hydrogens is 292 g/mol. The predicted octanol–water partition coefficient (Wildman–Crippen LogP) is 1.51. The van der Waals surface area contributed by atoms with E-state index < -0.39 is 6.10 Å². The van der Waals surface area contributed by atoms with Crippen molar-refractivity contribution in [3.8, 4) is 5.75 Å². The molecular formula is C18H26N2O3. The minimum Gasteiger partial charge on any atom is -0.491 e. The van der Waals surface area contributed by atoms with Gasteiger partial charge < -0.3 is 19.6 Å². The summed E-state index contributed by atoms with van der Waals surface area (Å²) in [5.74, 6) is 1.11. The molecule has 2 aliphatic heterocycles. The van der Waals surface area contributed by atoms with E-state index in [1.165, 1.54) is 0 Å². The van der Waals surface area contributed by atoms with Crippen LogP contribution in [0.4, 0.5) is 0 Å². The first kappa shape index (κ1) is 16.3. The lowest BCUT2D eigenvalue weighted by Crippen LogP contribution is -2.47. The minimum atomic E-state index is -0.486. The molecule has 1 atom stereocenters. The average Bonchev–Trinajstić information content (AvgIpc) is 3.01. The zero-order chi connectivity index (χ0) is 16.1. The summed E-state index contributed by atoms with van der Waals surface area (Å²) in [7, 11) is 0. The Bertz CT molecular complexity index is 500. The number of rotatable bonds is 6. The Hall–Kier alpha value is -1.59. The number of piperidine rings is 1. The van der Waals surface area contributed by atoms with Crippen LogP contribution in [0, 0.1) is 0 Å². The van der Waals surface area contributed by atoms with Crippen LogP contribution < -0.4 is 4.74 Å².